The summed E-state index contributed by atoms with van der Waals surface area (Å²) < 4.78 is 1.35. The molecule has 0 spiro atoms. The number of carboxylic acids is 1. The number of aromatic carboxylic acids is 1. The summed E-state index contributed by atoms with van der Waals surface area (Å²) in [7, 11) is 0. The Morgan fingerprint density at radius 3 is 2.71 bits per heavy atom. The van der Waals surface area contributed by atoms with Crippen LogP contribution >= 0.6 is 11.6 Å². The summed E-state index contributed by atoms with van der Waals surface area (Å²) in [5.74, 6) is -1.07. The highest BCUT2D eigenvalue weighted by molar-refractivity contribution is 6.32. The van der Waals surface area contributed by atoms with E-state index in [0.29, 0.717) is 11.4 Å². The maximum atomic E-state index is 11.2. The van der Waals surface area contributed by atoms with E-state index in [1.54, 1.807) is 0 Å². The second kappa shape index (κ2) is 4.81. The molecule has 1 saturated carbocycles. The SMILES string of the molecule is O=C(O)c1nnn(-c2ccc([N+](=O)[O-])cc2Cl)c1C1CC1. The third kappa shape index (κ3) is 2.33. The summed E-state index contributed by atoms with van der Waals surface area (Å²) in [6, 6.07) is 3.93. The minimum atomic E-state index is -1.15. The summed E-state index contributed by atoms with van der Waals surface area (Å²) in [4.78, 5) is 21.3. The summed E-state index contributed by atoms with van der Waals surface area (Å²) >= 11 is 6.05. The third-order valence-corrected chi connectivity index (χ3v) is 3.54. The zero-order valence-corrected chi connectivity index (χ0v) is 11.3. The lowest BCUT2D eigenvalue weighted by Gasteiger charge is -2.07. The lowest BCUT2D eigenvalue weighted by molar-refractivity contribution is -0.384. The van der Waals surface area contributed by atoms with Gasteiger partial charge in [-0.3, -0.25) is 10.1 Å². The van der Waals surface area contributed by atoms with Gasteiger partial charge in [0.25, 0.3) is 5.69 Å². The Balaban J connectivity index is 2.13. The number of nitro benzene ring substituents is 1. The molecule has 21 heavy (non-hydrogen) atoms. The van der Waals surface area contributed by atoms with Crippen molar-refractivity contribution in [1.82, 2.24) is 15.0 Å². The molecule has 0 radical (unpaired) electrons. The van der Waals surface area contributed by atoms with Crippen LogP contribution in [0.15, 0.2) is 18.2 Å². The Hall–Kier alpha value is -2.48. The number of aromatic nitrogens is 3. The molecule has 1 aromatic heterocycles. The topological polar surface area (TPSA) is 111 Å². The molecule has 0 aliphatic heterocycles. The first-order valence-electron chi connectivity index (χ1n) is 6.12. The first-order chi connectivity index (χ1) is 9.99. The average Bonchev–Trinajstić information content (AvgIpc) is 3.17. The molecule has 0 saturated heterocycles. The molecule has 1 aromatic carbocycles. The van der Waals surface area contributed by atoms with Gasteiger partial charge in [-0.15, -0.1) is 5.10 Å². The largest absolute Gasteiger partial charge is 0.476 e. The normalized spacial score (nSPS) is 14.1. The number of rotatable bonds is 4. The van der Waals surface area contributed by atoms with E-state index in [1.165, 1.54) is 22.9 Å². The van der Waals surface area contributed by atoms with Crippen LogP contribution in [0, 0.1) is 10.1 Å². The summed E-state index contributed by atoms with van der Waals surface area (Å²) in [6.07, 6.45) is 1.72. The quantitative estimate of drug-likeness (QED) is 0.685. The van der Waals surface area contributed by atoms with Crippen molar-refractivity contribution in [3.8, 4) is 5.69 Å². The molecule has 2 aromatic rings. The van der Waals surface area contributed by atoms with E-state index in [2.05, 4.69) is 10.3 Å². The van der Waals surface area contributed by atoms with Gasteiger partial charge in [0.2, 0.25) is 0 Å². The van der Waals surface area contributed by atoms with Gasteiger partial charge < -0.3 is 5.11 Å². The molecule has 0 bridgehead atoms. The number of benzene rings is 1. The lowest BCUT2D eigenvalue weighted by Crippen LogP contribution is -2.06. The van der Waals surface area contributed by atoms with Crippen LogP contribution in [0.1, 0.15) is 34.9 Å². The Morgan fingerprint density at radius 1 is 1.48 bits per heavy atom. The Morgan fingerprint density at radius 2 is 2.19 bits per heavy atom. The average molecular weight is 309 g/mol. The maximum absolute atomic E-state index is 11.2. The molecule has 1 fully saturated rings. The van der Waals surface area contributed by atoms with Crippen molar-refractivity contribution < 1.29 is 14.8 Å². The van der Waals surface area contributed by atoms with E-state index >= 15 is 0 Å². The minimum absolute atomic E-state index is 0.0809. The predicted octanol–water partition coefficient (Wildman–Crippen LogP) is 2.40. The van der Waals surface area contributed by atoms with Gasteiger partial charge in [0.1, 0.15) is 0 Å². The Bertz CT molecular complexity index is 754. The fraction of sp³-hybridized carbons (Fsp3) is 0.250. The Labute approximate surface area is 123 Å². The van der Waals surface area contributed by atoms with E-state index in [0.717, 1.165) is 12.8 Å². The van der Waals surface area contributed by atoms with E-state index in [9.17, 15) is 14.9 Å². The molecule has 0 unspecified atom stereocenters. The molecule has 0 amide bonds. The van der Waals surface area contributed by atoms with Crippen molar-refractivity contribution in [2.75, 3.05) is 0 Å². The van der Waals surface area contributed by atoms with E-state index in [4.69, 9.17) is 16.7 Å². The monoisotopic (exact) mass is 308 g/mol. The number of carboxylic acid groups (broad SMARTS) is 1. The predicted molar refractivity (Wildman–Crippen MR) is 72.0 cm³/mol. The smallest absolute Gasteiger partial charge is 0.358 e. The number of nitrogens with zero attached hydrogens (tertiary/aromatic N) is 4. The summed E-state index contributed by atoms with van der Waals surface area (Å²) in [5, 5.41) is 27.5. The van der Waals surface area contributed by atoms with Crippen molar-refractivity contribution in [3.63, 3.8) is 0 Å². The van der Waals surface area contributed by atoms with Crippen LogP contribution in [0.25, 0.3) is 5.69 Å². The first-order valence-corrected chi connectivity index (χ1v) is 6.50. The third-order valence-electron chi connectivity index (χ3n) is 3.24. The number of halogens is 1. The number of carbonyl (C=O) groups is 1. The molecule has 1 N–H and O–H groups in total. The highest BCUT2D eigenvalue weighted by Gasteiger charge is 2.34. The molecule has 1 aliphatic carbocycles. The van der Waals surface area contributed by atoms with Crippen LogP contribution < -0.4 is 0 Å². The van der Waals surface area contributed by atoms with Crippen molar-refractivity contribution >= 4 is 23.3 Å². The van der Waals surface area contributed by atoms with Gasteiger partial charge in [0.15, 0.2) is 5.69 Å². The lowest BCUT2D eigenvalue weighted by atomic mass is 10.2. The van der Waals surface area contributed by atoms with Crippen LogP contribution in [-0.4, -0.2) is 31.0 Å². The van der Waals surface area contributed by atoms with Crippen LogP contribution in [-0.2, 0) is 0 Å². The second-order valence-electron chi connectivity index (χ2n) is 4.71. The zero-order chi connectivity index (χ0) is 15.1. The van der Waals surface area contributed by atoms with E-state index < -0.39 is 10.9 Å². The first kappa shape index (κ1) is 13.5. The van der Waals surface area contributed by atoms with Gasteiger partial charge in [0, 0.05) is 18.1 Å². The molecular weight excluding hydrogens is 300 g/mol. The van der Waals surface area contributed by atoms with Crippen LogP contribution in [0.3, 0.4) is 0 Å². The van der Waals surface area contributed by atoms with Gasteiger partial charge in [-0.25, -0.2) is 9.48 Å². The maximum Gasteiger partial charge on any atom is 0.358 e. The minimum Gasteiger partial charge on any atom is -0.476 e. The highest BCUT2D eigenvalue weighted by atomic mass is 35.5. The fourth-order valence-electron chi connectivity index (χ4n) is 2.12. The number of hydrogen-bond donors (Lipinski definition) is 1. The highest BCUT2D eigenvalue weighted by Crippen LogP contribution is 2.42. The van der Waals surface area contributed by atoms with Gasteiger partial charge >= 0.3 is 5.97 Å². The molecular formula is C12H9ClN4O4. The van der Waals surface area contributed by atoms with Crippen LogP contribution in [0.5, 0.6) is 0 Å². The molecule has 1 heterocycles. The Kier molecular flexibility index (Phi) is 3.09. The van der Waals surface area contributed by atoms with Crippen LogP contribution in [0.2, 0.25) is 5.02 Å². The molecule has 1 aliphatic rings. The van der Waals surface area contributed by atoms with Crippen molar-refractivity contribution in [3.05, 3.63) is 44.7 Å². The molecule has 108 valence electrons. The van der Waals surface area contributed by atoms with E-state index in [-0.39, 0.29) is 22.3 Å². The zero-order valence-electron chi connectivity index (χ0n) is 10.6. The van der Waals surface area contributed by atoms with E-state index in [1.807, 2.05) is 0 Å². The number of nitro groups is 1. The molecule has 3 rings (SSSR count). The van der Waals surface area contributed by atoms with Crippen molar-refractivity contribution in [2.45, 2.75) is 18.8 Å². The summed E-state index contributed by atoms with van der Waals surface area (Å²) in [5.41, 5.74) is 0.615. The van der Waals surface area contributed by atoms with Gasteiger partial charge in [0.05, 0.1) is 21.3 Å². The second-order valence-corrected chi connectivity index (χ2v) is 5.11. The van der Waals surface area contributed by atoms with Gasteiger partial charge in [-0.1, -0.05) is 16.8 Å². The standard InChI is InChI=1S/C12H9ClN4O4/c13-8-5-7(17(20)21)3-4-9(8)16-11(6-1-2-6)10(12(18)19)14-15-16/h3-6H,1-2H2,(H,18,19). The van der Waals surface area contributed by atoms with Crippen molar-refractivity contribution in [2.24, 2.45) is 0 Å². The molecule has 8 nitrogen and oxygen atoms in total. The van der Waals surface area contributed by atoms with Crippen LogP contribution in [0.4, 0.5) is 5.69 Å². The molecule has 9 heteroatoms. The van der Waals surface area contributed by atoms with Gasteiger partial charge in [-0.2, -0.15) is 0 Å². The number of hydrogen-bond acceptors (Lipinski definition) is 5. The molecule has 0 atom stereocenters. The summed E-state index contributed by atoms with van der Waals surface area (Å²) in [6.45, 7) is 0. The van der Waals surface area contributed by atoms with Gasteiger partial charge in [-0.05, 0) is 18.9 Å². The number of non-ortho nitro benzene ring substituents is 1. The fourth-order valence-corrected chi connectivity index (χ4v) is 2.38. The van der Waals surface area contributed by atoms with Crippen molar-refractivity contribution in [1.29, 1.82) is 0 Å².